The molecule has 0 amide bonds. The fraction of sp³-hybridized carbons (Fsp3) is 0.625. The Kier molecular flexibility index (Phi) is 3.96. The van der Waals surface area contributed by atoms with Crippen molar-refractivity contribution < 1.29 is 4.74 Å². The van der Waals surface area contributed by atoms with Crippen LogP contribution in [-0.2, 0) is 0 Å². The van der Waals surface area contributed by atoms with E-state index in [9.17, 15) is 0 Å². The zero-order valence-electron chi connectivity index (χ0n) is 12.0. The van der Waals surface area contributed by atoms with Crippen molar-refractivity contribution in [3.63, 3.8) is 0 Å². The smallest absolute Gasteiger partial charge is 0.119 e. The largest absolute Gasteiger partial charge is 0.489 e. The zero-order valence-corrected chi connectivity index (χ0v) is 12.0. The topological polar surface area (TPSA) is 12.5 Å². The number of hydrogen-bond donors (Lipinski definition) is 0. The van der Waals surface area contributed by atoms with Gasteiger partial charge in [-0.15, -0.1) is 0 Å². The van der Waals surface area contributed by atoms with Crippen molar-refractivity contribution in [1.82, 2.24) is 4.90 Å². The van der Waals surface area contributed by atoms with Gasteiger partial charge >= 0.3 is 0 Å². The lowest BCUT2D eigenvalue weighted by Crippen LogP contribution is -2.39. The van der Waals surface area contributed by atoms with Crippen LogP contribution in [0.3, 0.4) is 0 Å². The van der Waals surface area contributed by atoms with Crippen LogP contribution in [0.15, 0.2) is 30.3 Å². The molecule has 1 aliphatic heterocycles. The quantitative estimate of drug-likeness (QED) is 0.809. The molecular weight excluding hydrogens is 222 g/mol. The highest BCUT2D eigenvalue weighted by molar-refractivity contribution is 5.21. The molecular formula is C16H25NO. The van der Waals surface area contributed by atoms with Crippen molar-refractivity contribution >= 4 is 0 Å². The second kappa shape index (κ2) is 5.31. The van der Waals surface area contributed by atoms with Gasteiger partial charge in [0.05, 0.1) is 0 Å². The minimum Gasteiger partial charge on any atom is -0.489 e. The van der Waals surface area contributed by atoms with Crippen LogP contribution >= 0.6 is 0 Å². The van der Waals surface area contributed by atoms with Gasteiger partial charge in [-0.1, -0.05) is 45.9 Å². The third-order valence-corrected chi connectivity index (χ3v) is 3.82. The van der Waals surface area contributed by atoms with Crippen LogP contribution in [0.4, 0.5) is 0 Å². The van der Waals surface area contributed by atoms with E-state index in [0.717, 1.165) is 25.3 Å². The summed E-state index contributed by atoms with van der Waals surface area (Å²) in [6.45, 7) is 11.4. The lowest BCUT2D eigenvalue weighted by Gasteiger charge is -2.33. The molecule has 2 rings (SSSR count). The van der Waals surface area contributed by atoms with Crippen LogP contribution in [0, 0.1) is 5.41 Å². The molecule has 1 saturated heterocycles. The van der Waals surface area contributed by atoms with E-state index in [0.29, 0.717) is 17.6 Å². The number of likely N-dealkylation sites (tertiary alicyclic amines) is 1. The maximum atomic E-state index is 6.09. The van der Waals surface area contributed by atoms with Crippen molar-refractivity contribution in [2.45, 2.75) is 46.3 Å². The van der Waals surface area contributed by atoms with E-state index in [4.69, 9.17) is 4.74 Å². The fourth-order valence-electron chi connectivity index (χ4n) is 2.89. The van der Waals surface area contributed by atoms with E-state index < -0.39 is 0 Å². The SMILES string of the molecule is CCN1CC(Oc2ccccc2)CC1C(C)(C)C. The van der Waals surface area contributed by atoms with Crippen molar-refractivity contribution in [1.29, 1.82) is 0 Å². The third kappa shape index (κ3) is 3.05. The molecule has 18 heavy (non-hydrogen) atoms. The molecule has 1 aromatic carbocycles. The summed E-state index contributed by atoms with van der Waals surface area (Å²) in [7, 11) is 0. The first-order valence-corrected chi connectivity index (χ1v) is 6.96. The van der Waals surface area contributed by atoms with E-state index >= 15 is 0 Å². The lowest BCUT2D eigenvalue weighted by atomic mass is 9.85. The van der Waals surface area contributed by atoms with Gasteiger partial charge in [0.15, 0.2) is 0 Å². The summed E-state index contributed by atoms with van der Waals surface area (Å²) < 4.78 is 6.09. The van der Waals surface area contributed by atoms with Gasteiger partial charge in [0.1, 0.15) is 11.9 Å². The summed E-state index contributed by atoms with van der Waals surface area (Å²) >= 11 is 0. The predicted octanol–water partition coefficient (Wildman–Crippen LogP) is 3.57. The molecule has 100 valence electrons. The molecule has 2 heteroatoms. The minimum absolute atomic E-state index is 0.324. The molecule has 0 spiro atoms. The summed E-state index contributed by atoms with van der Waals surface area (Å²) in [4.78, 5) is 2.55. The number of ether oxygens (including phenoxy) is 1. The van der Waals surface area contributed by atoms with E-state index in [1.807, 2.05) is 30.3 Å². The van der Waals surface area contributed by atoms with Gasteiger partial charge in [-0.25, -0.2) is 0 Å². The van der Waals surface area contributed by atoms with Gasteiger partial charge in [-0.3, -0.25) is 4.90 Å². The molecule has 1 aromatic rings. The van der Waals surface area contributed by atoms with Crippen molar-refractivity contribution in [2.24, 2.45) is 5.41 Å². The fourth-order valence-corrected chi connectivity index (χ4v) is 2.89. The minimum atomic E-state index is 0.324. The summed E-state index contributed by atoms with van der Waals surface area (Å²) in [6.07, 6.45) is 1.46. The Morgan fingerprint density at radius 2 is 1.89 bits per heavy atom. The Bertz CT molecular complexity index is 368. The van der Waals surface area contributed by atoms with Crippen molar-refractivity contribution in [3.8, 4) is 5.75 Å². The molecule has 0 saturated carbocycles. The van der Waals surface area contributed by atoms with Crippen LogP contribution in [0.25, 0.3) is 0 Å². The average molecular weight is 247 g/mol. The van der Waals surface area contributed by atoms with Gasteiger partial charge in [-0.05, 0) is 24.1 Å². The van der Waals surface area contributed by atoms with Gasteiger partial charge in [0.2, 0.25) is 0 Å². The summed E-state index contributed by atoms with van der Waals surface area (Å²) in [5.74, 6) is 0.994. The molecule has 2 atom stereocenters. The maximum Gasteiger partial charge on any atom is 0.119 e. The second-order valence-electron chi connectivity index (χ2n) is 6.26. The molecule has 1 heterocycles. The Labute approximate surface area is 111 Å². The first-order valence-electron chi connectivity index (χ1n) is 6.96. The van der Waals surface area contributed by atoms with Crippen LogP contribution in [0.1, 0.15) is 34.1 Å². The van der Waals surface area contributed by atoms with E-state index in [-0.39, 0.29) is 0 Å². The Hall–Kier alpha value is -1.02. The molecule has 0 radical (unpaired) electrons. The number of rotatable bonds is 3. The molecule has 1 aliphatic rings. The van der Waals surface area contributed by atoms with Gasteiger partial charge in [0, 0.05) is 19.0 Å². The average Bonchev–Trinajstić information content (AvgIpc) is 2.73. The monoisotopic (exact) mass is 247 g/mol. The number of hydrogen-bond acceptors (Lipinski definition) is 2. The second-order valence-corrected chi connectivity index (χ2v) is 6.26. The van der Waals surface area contributed by atoms with Crippen LogP contribution in [0.2, 0.25) is 0 Å². The number of likely N-dealkylation sites (N-methyl/N-ethyl adjacent to an activating group) is 1. The Morgan fingerprint density at radius 1 is 1.22 bits per heavy atom. The highest BCUT2D eigenvalue weighted by atomic mass is 16.5. The van der Waals surface area contributed by atoms with E-state index in [2.05, 4.69) is 32.6 Å². The normalized spacial score (nSPS) is 25.3. The molecule has 1 fully saturated rings. The van der Waals surface area contributed by atoms with Crippen LogP contribution < -0.4 is 4.74 Å². The Morgan fingerprint density at radius 3 is 2.39 bits per heavy atom. The molecule has 2 nitrogen and oxygen atoms in total. The first-order chi connectivity index (χ1) is 8.50. The van der Waals surface area contributed by atoms with E-state index in [1.54, 1.807) is 0 Å². The highest BCUT2D eigenvalue weighted by Gasteiger charge is 2.39. The zero-order chi connectivity index (χ0) is 13.2. The summed E-state index contributed by atoms with van der Waals surface area (Å²) in [5, 5.41) is 0. The molecule has 0 aromatic heterocycles. The molecule has 0 N–H and O–H groups in total. The van der Waals surface area contributed by atoms with Gasteiger partial charge < -0.3 is 4.74 Å². The summed E-state index contributed by atoms with van der Waals surface area (Å²) in [5.41, 5.74) is 0.324. The first kappa shape index (κ1) is 13.4. The van der Waals surface area contributed by atoms with Crippen molar-refractivity contribution in [3.05, 3.63) is 30.3 Å². The number of nitrogens with zero attached hydrogens (tertiary/aromatic N) is 1. The lowest BCUT2D eigenvalue weighted by molar-refractivity contribution is 0.147. The molecule has 0 aliphatic carbocycles. The van der Waals surface area contributed by atoms with Crippen LogP contribution in [-0.4, -0.2) is 30.1 Å². The number of para-hydroxylation sites is 1. The van der Waals surface area contributed by atoms with Gasteiger partial charge in [0.25, 0.3) is 0 Å². The molecule has 2 unspecified atom stereocenters. The van der Waals surface area contributed by atoms with Crippen LogP contribution in [0.5, 0.6) is 5.75 Å². The maximum absolute atomic E-state index is 6.09. The predicted molar refractivity (Wildman–Crippen MR) is 76.0 cm³/mol. The standard InChI is InChI=1S/C16H25NO/c1-5-17-12-14(11-15(17)16(2,3)4)18-13-9-7-6-8-10-13/h6-10,14-15H,5,11-12H2,1-4H3. The third-order valence-electron chi connectivity index (χ3n) is 3.82. The van der Waals surface area contributed by atoms with Gasteiger partial charge in [-0.2, -0.15) is 0 Å². The van der Waals surface area contributed by atoms with Crippen molar-refractivity contribution in [2.75, 3.05) is 13.1 Å². The van der Waals surface area contributed by atoms with E-state index in [1.165, 1.54) is 0 Å². The summed E-state index contributed by atoms with van der Waals surface area (Å²) in [6, 6.07) is 10.8. The highest BCUT2D eigenvalue weighted by Crippen LogP contribution is 2.34. The number of benzene rings is 1. The molecule has 0 bridgehead atoms. The Balaban J connectivity index is 2.01.